The number of carbonyl (C=O) groups excluding carboxylic acids is 1. The first-order valence-corrected chi connectivity index (χ1v) is 7.38. The summed E-state index contributed by atoms with van der Waals surface area (Å²) in [5.41, 5.74) is 8.28. The molecule has 1 heterocycles. The summed E-state index contributed by atoms with van der Waals surface area (Å²) in [7, 11) is 0. The number of esters is 1. The van der Waals surface area contributed by atoms with Crippen molar-refractivity contribution < 1.29 is 9.53 Å². The van der Waals surface area contributed by atoms with Crippen LogP contribution < -0.4 is 5.73 Å². The topological polar surface area (TPSA) is 55.6 Å². The minimum Gasteiger partial charge on any atom is -0.465 e. The molecule has 0 bridgehead atoms. The van der Waals surface area contributed by atoms with Gasteiger partial charge in [-0.05, 0) is 36.8 Å². The van der Waals surface area contributed by atoms with Gasteiger partial charge >= 0.3 is 5.97 Å². The average molecular weight is 274 g/mol. The van der Waals surface area contributed by atoms with Gasteiger partial charge in [0, 0.05) is 19.6 Å². The maximum Gasteiger partial charge on any atom is 0.327 e. The molecule has 1 aromatic rings. The fourth-order valence-electron chi connectivity index (χ4n) is 3.11. The van der Waals surface area contributed by atoms with Crippen LogP contribution in [0.3, 0.4) is 0 Å². The van der Waals surface area contributed by atoms with Crippen LogP contribution in [0.4, 0.5) is 0 Å². The Morgan fingerprint density at radius 1 is 1.35 bits per heavy atom. The van der Waals surface area contributed by atoms with Gasteiger partial charge in [-0.1, -0.05) is 24.3 Å². The molecule has 4 nitrogen and oxygen atoms in total. The first-order chi connectivity index (χ1) is 9.63. The molecule has 1 aromatic carbocycles. The number of nitrogens with zero attached hydrogens (tertiary/aromatic N) is 1. The fourth-order valence-corrected chi connectivity index (χ4v) is 3.11. The Bertz CT molecular complexity index is 488. The van der Waals surface area contributed by atoms with Crippen molar-refractivity contribution in [3.63, 3.8) is 0 Å². The van der Waals surface area contributed by atoms with Gasteiger partial charge in [-0.2, -0.15) is 0 Å². The summed E-state index contributed by atoms with van der Waals surface area (Å²) >= 11 is 0. The molecule has 108 valence electrons. The van der Waals surface area contributed by atoms with E-state index in [9.17, 15) is 4.79 Å². The van der Waals surface area contributed by atoms with E-state index in [0.29, 0.717) is 13.2 Å². The lowest BCUT2D eigenvalue weighted by Gasteiger charge is -2.31. The van der Waals surface area contributed by atoms with Gasteiger partial charge in [0.25, 0.3) is 0 Å². The Balaban J connectivity index is 1.71. The summed E-state index contributed by atoms with van der Waals surface area (Å²) in [4.78, 5) is 14.5. The van der Waals surface area contributed by atoms with Crippen LogP contribution in [-0.2, 0) is 22.6 Å². The summed E-state index contributed by atoms with van der Waals surface area (Å²) in [5.74, 6) is 0.0451. The Labute approximate surface area is 119 Å². The molecule has 2 aliphatic rings. The molecule has 2 N–H and O–H groups in total. The molecule has 0 amide bonds. The first-order valence-electron chi connectivity index (χ1n) is 7.38. The quantitative estimate of drug-likeness (QED) is 0.830. The molecule has 20 heavy (non-hydrogen) atoms. The SMILES string of the molecule is CCOC(=O)C(N)(CN1Cc2ccccc2C1)C1CC1. The second-order valence-electron chi connectivity index (χ2n) is 5.95. The van der Waals surface area contributed by atoms with Crippen molar-refractivity contribution in [1.82, 2.24) is 4.90 Å². The van der Waals surface area contributed by atoms with Gasteiger partial charge in [0.15, 0.2) is 0 Å². The van der Waals surface area contributed by atoms with E-state index < -0.39 is 5.54 Å². The number of hydrogen-bond acceptors (Lipinski definition) is 4. The second-order valence-corrected chi connectivity index (χ2v) is 5.95. The van der Waals surface area contributed by atoms with Gasteiger partial charge in [-0.15, -0.1) is 0 Å². The fraction of sp³-hybridized carbons (Fsp3) is 0.562. The molecule has 0 saturated heterocycles. The van der Waals surface area contributed by atoms with Crippen LogP contribution in [0.2, 0.25) is 0 Å². The number of rotatable bonds is 5. The molecule has 1 aliphatic heterocycles. The molecular formula is C16H22N2O2. The van der Waals surface area contributed by atoms with Gasteiger partial charge in [0.05, 0.1) is 6.61 Å². The van der Waals surface area contributed by atoms with Gasteiger partial charge in [-0.3, -0.25) is 4.90 Å². The highest BCUT2D eigenvalue weighted by molar-refractivity contribution is 5.82. The molecule has 1 aliphatic carbocycles. The summed E-state index contributed by atoms with van der Waals surface area (Å²) in [6.07, 6.45) is 2.08. The van der Waals surface area contributed by atoms with E-state index in [-0.39, 0.29) is 11.9 Å². The maximum absolute atomic E-state index is 12.2. The zero-order chi connectivity index (χ0) is 14.2. The van der Waals surface area contributed by atoms with E-state index in [0.717, 1.165) is 25.9 Å². The van der Waals surface area contributed by atoms with Crippen LogP contribution in [-0.4, -0.2) is 29.6 Å². The number of carbonyl (C=O) groups is 1. The van der Waals surface area contributed by atoms with E-state index >= 15 is 0 Å². The van der Waals surface area contributed by atoms with E-state index in [1.54, 1.807) is 0 Å². The van der Waals surface area contributed by atoms with E-state index in [4.69, 9.17) is 10.5 Å². The van der Waals surface area contributed by atoms with Crippen molar-refractivity contribution in [3.05, 3.63) is 35.4 Å². The molecule has 4 heteroatoms. The van der Waals surface area contributed by atoms with Gasteiger partial charge in [-0.25, -0.2) is 4.79 Å². The molecule has 0 aromatic heterocycles. The Hall–Kier alpha value is -1.39. The Morgan fingerprint density at radius 2 is 1.95 bits per heavy atom. The third-order valence-electron chi connectivity index (χ3n) is 4.35. The molecule has 0 radical (unpaired) electrons. The second kappa shape index (κ2) is 5.19. The number of benzene rings is 1. The third-order valence-corrected chi connectivity index (χ3v) is 4.35. The summed E-state index contributed by atoms with van der Waals surface area (Å²) in [6, 6.07) is 8.42. The number of hydrogen-bond donors (Lipinski definition) is 1. The van der Waals surface area contributed by atoms with E-state index in [1.165, 1.54) is 11.1 Å². The molecule has 1 fully saturated rings. The van der Waals surface area contributed by atoms with Crippen molar-refractivity contribution in [2.75, 3.05) is 13.2 Å². The summed E-state index contributed by atoms with van der Waals surface area (Å²) in [5, 5.41) is 0. The predicted molar refractivity (Wildman–Crippen MR) is 76.8 cm³/mol. The summed E-state index contributed by atoms with van der Waals surface area (Å²) < 4.78 is 5.21. The van der Waals surface area contributed by atoms with Crippen molar-refractivity contribution in [1.29, 1.82) is 0 Å². The van der Waals surface area contributed by atoms with Crippen LogP contribution in [0.5, 0.6) is 0 Å². The van der Waals surface area contributed by atoms with Crippen molar-refractivity contribution in [2.45, 2.75) is 38.4 Å². The first kappa shape index (κ1) is 13.6. The molecule has 1 atom stereocenters. The van der Waals surface area contributed by atoms with Crippen LogP contribution in [0, 0.1) is 5.92 Å². The van der Waals surface area contributed by atoms with Gasteiger partial charge < -0.3 is 10.5 Å². The normalized spacial score (nSPS) is 21.3. The zero-order valence-corrected chi connectivity index (χ0v) is 12.0. The Kier molecular flexibility index (Phi) is 3.52. The van der Waals surface area contributed by atoms with Gasteiger partial charge in [0.1, 0.15) is 5.54 Å². The number of nitrogens with two attached hydrogens (primary N) is 1. The standard InChI is InChI=1S/C16H22N2O2/c1-2-20-15(19)16(17,14-7-8-14)11-18-9-12-5-3-4-6-13(12)10-18/h3-6,14H,2,7-11,17H2,1H3. The van der Waals surface area contributed by atoms with Crippen LogP contribution >= 0.6 is 0 Å². The van der Waals surface area contributed by atoms with Crippen molar-refractivity contribution in [2.24, 2.45) is 11.7 Å². The largest absolute Gasteiger partial charge is 0.465 e. The van der Waals surface area contributed by atoms with Gasteiger partial charge in [0.2, 0.25) is 0 Å². The summed E-state index contributed by atoms with van der Waals surface area (Å²) in [6.45, 7) is 4.56. The lowest BCUT2D eigenvalue weighted by atomic mass is 9.94. The van der Waals surface area contributed by atoms with Crippen LogP contribution in [0.25, 0.3) is 0 Å². The molecule has 3 rings (SSSR count). The minimum absolute atomic E-state index is 0.238. The third kappa shape index (κ3) is 2.45. The van der Waals surface area contributed by atoms with Crippen LogP contribution in [0.15, 0.2) is 24.3 Å². The Morgan fingerprint density at radius 3 is 2.45 bits per heavy atom. The predicted octanol–water partition coefficient (Wildman–Crippen LogP) is 1.67. The average Bonchev–Trinajstić information content (AvgIpc) is 3.20. The molecular weight excluding hydrogens is 252 g/mol. The highest BCUT2D eigenvalue weighted by atomic mass is 16.5. The molecule has 0 spiro atoms. The minimum atomic E-state index is -0.835. The number of ether oxygens (including phenoxy) is 1. The van der Waals surface area contributed by atoms with E-state index in [1.807, 2.05) is 6.92 Å². The molecule has 1 saturated carbocycles. The maximum atomic E-state index is 12.2. The van der Waals surface area contributed by atoms with E-state index in [2.05, 4.69) is 29.2 Å². The lowest BCUT2D eigenvalue weighted by Crippen LogP contribution is -2.57. The van der Waals surface area contributed by atoms with Crippen molar-refractivity contribution in [3.8, 4) is 0 Å². The zero-order valence-electron chi connectivity index (χ0n) is 12.0. The van der Waals surface area contributed by atoms with Crippen LogP contribution in [0.1, 0.15) is 30.9 Å². The van der Waals surface area contributed by atoms with Crippen molar-refractivity contribution >= 4 is 5.97 Å². The highest BCUT2D eigenvalue weighted by Crippen LogP contribution is 2.40. The monoisotopic (exact) mass is 274 g/mol. The highest BCUT2D eigenvalue weighted by Gasteiger charge is 2.50. The molecule has 1 unspecified atom stereocenters. The lowest BCUT2D eigenvalue weighted by molar-refractivity contribution is -0.151. The smallest absolute Gasteiger partial charge is 0.327 e. The number of fused-ring (bicyclic) bond motifs is 1.